The van der Waals surface area contributed by atoms with Crippen LogP contribution in [-0.2, 0) is 16.4 Å². The van der Waals surface area contributed by atoms with E-state index < -0.39 is 9.84 Å². The van der Waals surface area contributed by atoms with Crippen LogP contribution in [0.2, 0.25) is 0 Å². The molecule has 158 valence electrons. The molecule has 0 radical (unpaired) electrons. The largest absolute Gasteiger partial charge is 0.497 e. The lowest BCUT2D eigenvalue weighted by molar-refractivity contribution is 0.223. The molecule has 0 spiro atoms. The fourth-order valence-electron chi connectivity index (χ4n) is 2.83. The molecule has 8 heteroatoms. The summed E-state index contributed by atoms with van der Waals surface area (Å²) in [5.41, 5.74) is 1.70. The summed E-state index contributed by atoms with van der Waals surface area (Å²) in [4.78, 5) is 4.57. The van der Waals surface area contributed by atoms with Crippen LogP contribution in [0.25, 0.3) is 0 Å². The number of hydrogen-bond acceptors (Lipinski definition) is 5. The Morgan fingerprint density at radius 1 is 1.14 bits per heavy atom. The first kappa shape index (κ1) is 22.5. The molecule has 1 atom stereocenters. The molecule has 0 bridgehead atoms. The molecule has 7 nitrogen and oxygen atoms in total. The molecule has 2 aromatic rings. The number of sulfone groups is 1. The van der Waals surface area contributed by atoms with Crippen LogP contribution >= 0.6 is 0 Å². The van der Waals surface area contributed by atoms with Crippen molar-refractivity contribution in [3.63, 3.8) is 0 Å². The van der Waals surface area contributed by atoms with Gasteiger partial charge in [-0.1, -0.05) is 18.2 Å². The Hall–Kier alpha value is -2.74. The van der Waals surface area contributed by atoms with Crippen molar-refractivity contribution in [2.75, 3.05) is 27.0 Å². The Balaban J connectivity index is 1.87. The maximum atomic E-state index is 11.7. The van der Waals surface area contributed by atoms with Gasteiger partial charge in [0.15, 0.2) is 15.8 Å². The summed E-state index contributed by atoms with van der Waals surface area (Å²) in [5, 5.41) is 6.45. The van der Waals surface area contributed by atoms with Crippen LogP contribution in [0.1, 0.15) is 18.1 Å². The average molecular weight is 420 g/mol. The molecule has 0 amide bonds. The Morgan fingerprint density at radius 3 is 2.48 bits per heavy atom. The van der Waals surface area contributed by atoms with Crippen LogP contribution in [0.3, 0.4) is 0 Å². The number of nitrogens with zero attached hydrogens (tertiary/aromatic N) is 1. The fourth-order valence-corrected chi connectivity index (χ4v) is 3.79. The van der Waals surface area contributed by atoms with Gasteiger partial charge in [-0.05, 0) is 43.2 Å². The predicted octanol–water partition coefficient (Wildman–Crippen LogP) is 2.54. The standard InChI is InChI=1S/C21H29N3O4S/c1-15-11-17(9-10-20(15)29(5,25)26)14-24-21(22-3)23-13-16(2)28-19-8-6-7-18(12-19)27-4/h6-12,16H,13-14H2,1-5H3,(H2,22,23,24). The Kier molecular flexibility index (Phi) is 7.90. The van der Waals surface area contributed by atoms with Crippen molar-refractivity contribution < 1.29 is 17.9 Å². The van der Waals surface area contributed by atoms with Crippen LogP contribution in [0.5, 0.6) is 11.5 Å². The third-order valence-corrected chi connectivity index (χ3v) is 5.51. The second-order valence-corrected chi connectivity index (χ2v) is 8.77. The summed E-state index contributed by atoms with van der Waals surface area (Å²) in [6.45, 7) is 4.84. The second kappa shape index (κ2) is 10.2. The van der Waals surface area contributed by atoms with E-state index in [0.29, 0.717) is 23.9 Å². The monoisotopic (exact) mass is 419 g/mol. The molecule has 0 aromatic heterocycles. The van der Waals surface area contributed by atoms with Crippen molar-refractivity contribution in [1.29, 1.82) is 0 Å². The highest BCUT2D eigenvalue weighted by atomic mass is 32.2. The normalized spacial score (nSPS) is 12.9. The molecule has 2 rings (SSSR count). The molecule has 0 fully saturated rings. The smallest absolute Gasteiger partial charge is 0.191 e. The highest BCUT2D eigenvalue weighted by Gasteiger charge is 2.11. The summed E-state index contributed by atoms with van der Waals surface area (Å²) in [7, 11) is 0.103. The van der Waals surface area contributed by atoms with Gasteiger partial charge in [0, 0.05) is 25.9 Å². The summed E-state index contributed by atoms with van der Waals surface area (Å²) in [6, 6.07) is 12.8. The molecular weight excluding hydrogens is 390 g/mol. The Morgan fingerprint density at radius 2 is 1.86 bits per heavy atom. The molecule has 0 aliphatic heterocycles. The highest BCUT2D eigenvalue weighted by Crippen LogP contribution is 2.20. The topological polar surface area (TPSA) is 89.0 Å². The minimum Gasteiger partial charge on any atom is -0.497 e. The molecule has 2 aromatic carbocycles. The number of aliphatic imine (C=N–C) groups is 1. The van der Waals surface area contributed by atoms with E-state index in [2.05, 4.69) is 15.6 Å². The van der Waals surface area contributed by atoms with Gasteiger partial charge in [-0.15, -0.1) is 0 Å². The molecule has 0 aliphatic rings. The third kappa shape index (κ3) is 6.98. The van der Waals surface area contributed by atoms with Crippen molar-refractivity contribution in [2.45, 2.75) is 31.4 Å². The van der Waals surface area contributed by atoms with Gasteiger partial charge in [0.05, 0.1) is 18.6 Å². The zero-order valence-corrected chi connectivity index (χ0v) is 18.3. The molecule has 2 N–H and O–H groups in total. The highest BCUT2D eigenvalue weighted by molar-refractivity contribution is 7.90. The molecular formula is C21H29N3O4S. The summed E-state index contributed by atoms with van der Waals surface area (Å²) >= 11 is 0. The number of ether oxygens (including phenoxy) is 2. The first-order valence-electron chi connectivity index (χ1n) is 9.27. The maximum Gasteiger partial charge on any atom is 0.191 e. The molecule has 1 unspecified atom stereocenters. The predicted molar refractivity (Wildman–Crippen MR) is 116 cm³/mol. The first-order chi connectivity index (χ1) is 13.7. The van der Waals surface area contributed by atoms with Gasteiger partial charge >= 0.3 is 0 Å². The van der Waals surface area contributed by atoms with Crippen molar-refractivity contribution in [3.8, 4) is 11.5 Å². The van der Waals surface area contributed by atoms with Crippen molar-refractivity contribution in [3.05, 3.63) is 53.6 Å². The van der Waals surface area contributed by atoms with Gasteiger partial charge in [-0.2, -0.15) is 0 Å². The number of guanidine groups is 1. The quantitative estimate of drug-likeness (QED) is 0.505. The van der Waals surface area contributed by atoms with Crippen LogP contribution in [0.15, 0.2) is 52.4 Å². The van der Waals surface area contributed by atoms with E-state index in [9.17, 15) is 8.42 Å². The number of methoxy groups -OCH3 is 1. The molecule has 0 saturated carbocycles. The van der Waals surface area contributed by atoms with Crippen LogP contribution < -0.4 is 20.1 Å². The molecule has 0 heterocycles. The number of nitrogens with one attached hydrogen (secondary N) is 2. The Bertz CT molecular complexity index is 958. The maximum absolute atomic E-state index is 11.7. The van der Waals surface area contributed by atoms with Crippen molar-refractivity contribution in [1.82, 2.24) is 10.6 Å². The van der Waals surface area contributed by atoms with E-state index in [0.717, 1.165) is 22.6 Å². The number of rotatable bonds is 8. The molecule has 0 saturated heterocycles. The SMILES string of the molecule is CN=C(NCc1ccc(S(C)(=O)=O)c(C)c1)NCC(C)Oc1cccc(OC)c1. The average Bonchev–Trinajstić information content (AvgIpc) is 2.67. The summed E-state index contributed by atoms with van der Waals surface area (Å²) < 4.78 is 34.6. The van der Waals surface area contributed by atoms with Crippen molar-refractivity contribution in [2.24, 2.45) is 4.99 Å². The lowest BCUT2D eigenvalue weighted by Crippen LogP contribution is -2.41. The minimum absolute atomic E-state index is 0.0862. The third-order valence-electron chi connectivity index (χ3n) is 4.26. The first-order valence-corrected chi connectivity index (χ1v) is 11.2. The van der Waals surface area contributed by atoms with E-state index in [1.54, 1.807) is 33.2 Å². The van der Waals surface area contributed by atoms with Gasteiger partial charge in [0.25, 0.3) is 0 Å². The number of aryl methyl sites for hydroxylation is 1. The fraction of sp³-hybridized carbons (Fsp3) is 0.381. The number of hydrogen-bond donors (Lipinski definition) is 2. The zero-order chi connectivity index (χ0) is 21.4. The van der Waals surface area contributed by atoms with E-state index in [-0.39, 0.29) is 6.10 Å². The van der Waals surface area contributed by atoms with E-state index in [1.165, 1.54) is 6.26 Å². The summed E-state index contributed by atoms with van der Waals surface area (Å²) in [5.74, 6) is 2.12. The van der Waals surface area contributed by atoms with Gasteiger partial charge in [0.1, 0.15) is 17.6 Å². The van der Waals surface area contributed by atoms with Gasteiger partial charge in [-0.25, -0.2) is 8.42 Å². The Labute approximate surface area is 173 Å². The van der Waals surface area contributed by atoms with Crippen LogP contribution in [-0.4, -0.2) is 47.4 Å². The van der Waals surface area contributed by atoms with Crippen molar-refractivity contribution >= 4 is 15.8 Å². The zero-order valence-electron chi connectivity index (χ0n) is 17.5. The molecule has 0 aliphatic carbocycles. The second-order valence-electron chi connectivity index (χ2n) is 6.79. The van der Waals surface area contributed by atoms with Gasteiger partial charge in [-0.3, -0.25) is 4.99 Å². The van der Waals surface area contributed by atoms with E-state index in [1.807, 2.05) is 37.3 Å². The van der Waals surface area contributed by atoms with E-state index >= 15 is 0 Å². The van der Waals surface area contributed by atoms with E-state index in [4.69, 9.17) is 9.47 Å². The summed E-state index contributed by atoms with van der Waals surface area (Å²) in [6.07, 6.45) is 1.13. The minimum atomic E-state index is -3.21. The van der Waals surface area contributed by atoms with Gasteiger partial charge in [0.2, 0.25) is 0 Å². The van der Waals surface area contributed by atoms with Crippen LogP contribution in [0.4, 0.5) is 0 Å². The van der Waals surface area contributed by atoms with Crippen LogP contribution in [0, 0.1) is 6.92 Å². The molecule has 29 heavy (non-hydrogen) atoms. The lowest BCUT2D eigenvalue weighted by atomic mass is 10.1. The van der Waals surface area contributed by atoms with Gasteiger partial charge < -0.3 is 20.1 Å². The number of benzene rings is 2. The lowest BCUT2D eigenvalue weighted by Gasteiger charge is -2.18.